The quantitative estimate of drug-likeness (QED) is 0.830. The van der Waals surface area contributed by atoms with E-state index in [1.165, 1.54) is 12.8 Å². The van der Waals surface area contributed by atoms with E-state index in [0.29, 0.717) is 11.6 Å². The molecule has 88 valence electrons. The molecule has 0 radical (unpaired) electrons. The van der Waals surface area contributed by atoms with Crippen molar-refractivity contribution in [3.8, 4) is 0 Å². The second-order valence-corrected chi connectivity index (χ2v) is 4.72. The lowest BCUT2D eigenvalue weighted by atomic mass is 10.1. The number of aliphatic hydroxyl groups is 1. The van der Waals surface area contributed by atoms with Gasteiger partial charge in [0.1, 0.15) is 0 Å². The van der Waals surface area contributed by atoms with Crippen LogP contribution in [-0.4, -0.2) is 9.67 Å². The van der Waals surface area contributed by atoms with E-state index >= 15 is 0 Å². The number of pyridine rings is 1. The Morgan fingerprint density at radius 1 is 1.38 bits per heavy atom. The molecule has 1 saturated carbocycles. The van der Waals surface area contributed by atoms with Crippen LogP contribution >= 0.6 is 0 Å². The summed E-state index contributed by atoms with van der Waals surface area (Å²) in [6, 6.07) is 2.35. The molecule has 16 heavy (non-hydrogen) atoms. The first-order valence-electron chi connectivity index (χ1n) is 5.97. The number of rotatable bonds is 2. The Morgan fingerprint density at radius 2 is 2.00 bits per heavy atom. The van der Waals surface area contributed by atoms with Gasteiger partial charge in [0.05, 0.1) is 6.61 Å². The van der Waals surface area contributed by atoms with E-state index in [-0.39, 0.29) is 12.2 Å². The van der Waals surface area contributed by atoms with Crippen LogP contribution in [0.15, 0.2) is 10.9 Å². The fourth-order valence-electron chi connectivity index (χ4n) is 2.75. The SMILES string of the molecule is Cc1cc(C)n(C2CCCC2)c(=O)c1CO. The Bertz CT molecular complexity index is 442. The van der Waals surface area contributed by atoms with Crippen molar-refractivity contribution in [2.75, 3.05) is 0 Å². The van der Waals surface area contributed by atoms with Crippen LogP contribution in [-0.2, 0) is 6.61 Å². The topological polar surface area (TPSA) is 42.2 Å². The van der Waals surface area contributed by atoms with Gasteiger partial charge in [-0.2, -0.15) is 0 Å². The zero-order valence-corrected chi connectivity index (χ0v) is 9.99. The number of aliphatic hydroxyl groups excluding tert-OH is 1. The van der Waals surface area contributed by atoms with E-state index in [1.54, 1.807) is 0 Å². The standard InChI is InChI=1S/C13H19NO2/c1-9-7-10(2)14(11-5-3-4-6-11)13(16)12(9)8-15/h7,11,15H,3-6,8H2,1-2H3. The summed E-state index contributed by atoms with van der Waals surface area (Å²) in [6.45, 7) is 3.71. The molecule has 0 aliphatic heterocycles. The highest BCUT2D eigenvalue weighted by Crippen LogP contribution is 2.29. The van der Waals surface area contributed by atoms with Crippen molar-refractivity contribution in [3.63, 3.8) is 0 Å². The molecule has 0 bridgehead atoms. The molecular formula is C13H19NO2. The molecule has 1 N–H and O–H groups in total. The van der Waals surface area contributed by atoms with E-state index < -0.39 is 0 Å². The van der Waals surface area contributed by atoms with Crippen molar-refractivity contribution in [3.05, 3.63) is 33.2 Å². The van der Waals surface area contributed by atoms with E-state index in [2.05, 4.69) is 0 Å². The Balaban J connectivity index is 2.55. The second kappa shape index (κ2) is 4.42. The molecule has 0 amide bonds. The molecule has 1 heterocycles. The van der Waals surface area contributed by atoms with Crippen LogP contribution < -0.4 is 5.56 Å². The van der Waals surface area contributed by atoms with E-state index in [1.807, 2.05) is 24.5 Å². The molecule has 3 nitrogen and oxygen atoms in total. The van der Waals surface area contributed by atoms with Crippen molar-refractivity contribution in [1.82, 2.24) is 4.57 Å². The van der Waals surface area contributed by atoms with Gasteiger partial charge in [-0.3, -0.25) is 4.79 Å². The van der Waals surface area contributed by atoms with Gasteiger partial charge in [-0.15, -0.1) is 0 Å². The summed E-state index contributed by atoms with van der Waals surface area (Å²) in [4.78, 5) is 12.2. The molecule has 1 aromatic heterocycles. The summed E-state index contributed by atoms with van der Waals surface area (Å²) in [5, 5.41) is 9.24. The first kappa shape index (κ1) is 11.4. The van der Waals surface area contributed by atoms with Gasteiger partial charge in [-0.25, -0.2) is 0 Å². The van der Waals surface area contributed by atoms with Gasteiger partial charge in [-0.05, 0) is 38.3 Å². The first-order chi connectivity index (χ1) is 7.65. The second-order valence-electron chi connectivity index (χ2n) is 4.72. The number of nitrogens with zero attached hydrogens (tertiary/aromatic N) is 1. The van der Waals surface area contributed by atoms with Crippen molar-refractivity contribution in [2.24, 2.45) is 0 Å². The minimum Gasteiger partial charge on any atom is -0.391 e. The third kappa shape index (κ3) is 1.80. The Hall–Kier alpha value is -1.09. The minimum atomic E-state index is -0.155. The predicted octanol–water partition coefficient (Wildman–Crippen LogP) is 2.07. The molecule has 2 rings (SSSR count). The summed E-state index contributed by atoms with van der Waals surface area (Å²) < 4.78 is 1.88. The average Bonchev–Trinajstić information content (AvgIpc) is 2.70. The monoisotopic (exact) mass is 221 g/mol. The maximum Gasteiger partial charge on any atom is 0.256 e. The van der Waals surface area contributed by atoms with E-state index in [9.17, 15) is 9.90 Å². The third-order valence-corrected chi connectivity index (χ3v) is 3.61. The fraction of sp³-hybridized carbons (Fsp3) is 0.615. The zero-order valence-electron chi connectivity index (χ0n) is 9.99. The van der Waals surface area contributed by atoms with Gasteiger partial charge < -0.3 is 9.67 Å². The van der Waals surface area contributed by atoms with Gasteiger partial charge in [0.15, 0.2) is 0 Å². The van der Waals surface area contributed by atoms with Crippen LogP contribution in [0.3, 0.4) is 0 Å². The van der Waals surface area contributed by atoms with Gasteiger partial charge in [0.25, 0.3) is 5.56 Å². The van der Waals surface area contributed by atoms with Crippen LogP contribution in [0.2, 0.25) is 0 Å². The fourth-order valence-corrected chi connectivity index (χ4v) is 2.75. The lowest BCUT2D eigenvalue weighted by Gasteiger charge is -2.19. The molecule has 0 atom stereocenters. The van der Waals surface area contributed by atoms with E-state index in [4.69, 9.17) is 0 Å². The van der Waals surface area contributed by atoms with Crippen LogP contribution in [0.1, 0.15) is 48.5 Å². The smallest absolute Gasteiger partial charge is 0.256 e. The molecule has 0 spiro atoms. The minimum absolute atomic E-state index is 0.00639. The summed E-state index contributed by atoms with van der Waals surface area (Å²) in [5.74, 6) is 0. The molecule has 0 unspecified atom stereocenters. The van der Waals surface area contributed by atoms with Gasteiger partial charge >= 0.3 is 0 Å². The zero-order chi connectivity index (χ0) is 11.7. The maximum absolute atomic E-state index is 12.2. The highest BCUT2D eigenvalue weighted by atomic mass is 16.3. The van der Waals surface area contributed by atoms with Crippen LogP contribution in [0.25, 0.3) is 0 Å². The van der Waals surface area contributed by atoms with Crippen LogP contribution in [0.5, 0.6) is 0 Å². The number of aromatic nitrogens is 1. The third-order valence-electron chi connectivity index (χ3n) is 3.61. The van der Waals surface area contributed by atoms with Crippen molar-refractivity contribution >= 4 is 0 Å². The number of hydrogen-bond acceptors (Lipinski definition) is 2. The summed E-state index contributed by atoms with van der Waals surface area (Å²) in [5.41, 5.74) is 2.48. The maximum atomic E-state index is 12.2. The lowest BCUT2D eigenvalue weighted by molar-refractivity contribution is 0.277. The molecule has 1 aromatic rings. The van der Waals surface area contributed by atoms with Gasteiger partial charge in [-0.1, -0.05) is 12.8 Å². The number of hydrogen-bond donors (Lipinski definition) is 1. The lowest BCUT2D eigenvalue weighted by Crippen LogP contribution is -2.29. The molecule has 1 aliphatic carbocycles. The molecular weight excluding hydrogens is 202 g/mol. The summed E-state index contributed by atoms with van der Waals surface area (Å²) in [7, 11) is 0. The predicted molar refractivity (Wildman–Crippen MR) is 63.6 cm³/mol. The number of aryl methyl sites for hydroxylation is 2. The Morgan fingerprint density at radius 3 is 2.56 bits per heavy atom. The molecule has 1 fully saturated rings. The van der Waals surface area contributed by atoms with Crippen LogP contribution in [0.4, 0.5) is 0 Å². The first-order valence-corrected chi connectivity index (χ1v) is 5.97. The van der Waals surface area contributed by atoms with Crippen molar-refractivity contribution < 1.29 is 5.11 Å². The molecule has 3 heteroatoms. The summed E-state index contributed by atoms with van der Waals surface area (Å²) in [6.07, 6.45) is 4.60. The van der Waals surface area contributed by atoms with E-state index in [0.717, 1.165) is 24.1 Å². The summed E-state index contributed by atoms with van der Waals surface area (Å²) >= 11 is 0. The van der Waals surface area contributed by atoms with Gasteiger partial charge in [0, 0.05) is 17.3 Å². The Kier molecular flexibility index (Phi) is 3.15. The van der Waals surface area contributed by atoms with Gasteiger partial charge in [0.2, 0.25) is 0 Å². The normalized spacial score (nSPS) is 16.9. The highest BCUT2D eigenvalue weighted by Gasteiger charge is 2.21. The highest BCUT2D eigenvalue weighted by molar-refractivity contribution is 5.26. The largest absolute Gasteiger partial charge is 0.391 e. The Labute approximate surface area is 95.7 Å². The van der Waals surface area contributed by atoms with Crippen LogP contribution in [0, 0.1) is 13.8 Å². The van der Waals surface area contributed by atoms with Crippen molar-refractivity contribution in [2.45, 2.75) is 52.2 Å². The molecule has 1 aliphatic rings. The van der Waals surface area contributed by atoms with Crippen molar-refractivity contribution in [1.29, 1.82) is 0 Å². The average molecular weight is 221 g/mol. The molecule has 0 aromatic carbocycles. The molecule has 0 saturated heterocycles.